The molecule has 0 radical (unpaired) electrons. The van der Waals surface area contributed by atoms with Crippen LogP contribution in [0.5, 0.6) is 11.5 Å². The average Bonchev–Trinajstić information content (AvgIpc) is 3.20. The molecule has 2 unspecified atom stereocenters. The summed E-state index contributed by atoms with van der Waals surface area (Å²) in [6.45, 7) is 1.90. The lowest BCUT2D eigenvalue weighted by Crippen LogP contribution is -2.25. The zero-order valence-electron chi connectivity index (χ0n) is 17.4. The summed E-state index contributed by atoms with van der Waals surface area (Å²) >= 11 is 1.38. The molecular weight excluding hydrogens is 414 g/mol. The van der Waals surface area contributed by atoms with Gasteiger partial charge in [0.15, 0.2) is 11.7 Å². The summed E-state index contributed by atoms with van der Waals surface area (Å²) in [7, 11) is 1.64. The van der Waals surface area contributed by atoms with Crippen LogP contribution in [0.25, 0.3) is 0 Å². The van der Waals surface area contributed by atoms with Crippen LogP contribution in [-0.4, -0.2) is 29.8 Å². The standard InChI is InChI=1S/C23H25N3O4S/c1-14-3-7-18(8-4-14)30-13-21(27)25-23-24-19-11-16(12-20(26-28)22(19)31-23)15-5-9-17(29-2)10-6-15/h3-10,16,20,26,28H,11-13H2,1-2H3,(H,24,25,27). The summed E-state index contributed by atoms with van der Waals surface area (Å²) in [6, 6.07) is 15.3. The normalized spacial score (nSPS) is 17.6. The molecule has 0 saturated carbocycles. The average molecular weight is 440 g/mol. The van der Waals surface area contributed by atoms with Gasteiger partial charge in [-0.15, -0.1) is 0 Å². The molecule has 2 atom stereocenters. The number of rotatable bonds is 7. The van der Waals surface area contributed by atoms with Crippen LogP contribution in [0.3, 0.4) is 0 Å². The van der Waals surface area contributed by atoms with Gasteiger partial charge in [0.2, 0.25) is 0 Å². The molecule has 0 saturated heterocycles. The van der Waals surface area contributed by atoms with E-state index < -0.39 is 0 Å². The maximum absolute atomic E-state index is 12.3. The van der Waals surface area contributed by atoms with Crippen molar-refractivity contribution in [2.75, 3.05) is 19.0 Å². The summed E-state index contributed by atoms with van der Waals surface area (Å²) in [4.78, 5) is 17.9. The largest absolute Gasteiger partial charge is 0.497 e. The lowest BCUT2D eigenvalue weighted by molar-refractivity contribution is -0.118. The number of aryl methyl sites for hydroxylation is 1. The lowest BCUT2D eigenvalue weighted by atomic mass is 9.83. The Bertz CT molecular complexity index is 1030. The van der Waals surface area contributed by atoms with Gasteiger partial charge in [-0.05, 0) is 55.5 Å². The number of nitrogens with zero attached hydrogens (tertiary/aromatic N) is 1. The molecule has 1 amide bonds. The first-order chi connectivity index (χ1) is 15.1. The van der Waals surface area contributed by atoms with E-state index in [-0.39, 0.29) is 24.5 Å². The fourth-order valence-corrected chi connectivity index (χ4v) is 4.79. The number of amides is 1. The minimum absolute atomic E-state index is 0.0938. The number of hydrogen-bond acceptors (Lipinski definition) is 7. The van der Waals surface area contributed by atoms with Crippen LogP contribution in [-0.2, 0) is 11.2 Å². The van der Waals surface area contributed by atoms with Gasteiger partial charge in [-0.3, -0.25) is 10.1 Å². The number of aromatic nitrogens is 1. The third-order valence-corrected chi connectivity index (χ3v) is 6.51. The fourth-order valence-electron chi connectivity index (χ4n) is 3.72. The van der Waals surface area contributed by atoms with Crippen molar-refractivity contribution in [1.29, 1.82) is 0 Å². The second-order valence-electron chi connectivity index (χ2n) is 7.57. The van der Waals surface area contributed by atoms with Gasteiger partial charge < -0.3 is 14.7 Å². The Hall–Kier alpha value is -2.94. The zero-order chi connectivity index (χ0) is 21.8. The van der Waals surface area contributed by atoms with Crippen molar-refractivity contribution in [3.05, 3.63) is 70.2 Å². The zero-order valence-corrected chi connectivity index (χ0v) is 18.2. The van der Waals surface area contributed by atoms with Crippen LogP contribution in [0.2, 0.25) is 0 Å². The van der Waals surface area contributed by atoms with Crippen molar-refractivity contribution in [3.63, 3.8) is 0 Å². The predicted octanol–water partition coefficient (Wildman–Crippen LogP) is 4.23. The van der Waals surface area contributed by atoms with Crippen LogP contribution in [0, 0.1) is 6.92 Å². The molecule has 7 nitrogen and oxygen atoms in total. The van der Waals surface area contributed by atoms with Crippen molar-refractivity contribution >= 4 is 22.4 Å². The molecule has 1 aliphatic rings. The van der Waals surface area contributed by atoms with E-state index in [2.05, 4.69) is 15.8 Å². The van der Waals surface area contributed by atoms with Gasteiger partial charge in [0.05, 0.1) is 18.8 Å². The highest BCUT2D eigenvalue weighted by Gasteiger charge is 2.31. The van der Waals surface area contributed by atoms with Gasteiger partial charge in [-0.25, -0.2) is 4.98 Å². The molecule has 0 spiro atoms. The number of hydrogen-bond donors (Lipinski definition) is 3. The monoisotopic (exact) mass is 439 g/mol. The smallest absolute Gasteiger partial charge is 0.264 e. The second kappa shape index (κ2) is 9.47. The number of fused-ring (bicyclic) bond motifs is 1. The first-order valence-corrected chi connectivity index (χ1v) is 10.9. The quantitative estimate of drug-likeness (QED) is 0.477. The third-order valence-electron chi connectivity index (χ3n) is 5.38. The molecule has 1 heterocycles. The van der Waals surface area contributed by atoms with E-state index in [1.54, 1.807) is 7.11 Å². The Balaban J connectivity index is 1.42. The van der Waals surface area contributed by atoms with E-state index in [0.717, 1.165) is 40.3 Å². The summed E-state index contributed by atoms with van der Waals surface area (Å²) in [5.74, 6) is 1.39. The fraction of sp³-hybridized carbons (Fsp3) is 0.304. The highest BCUT2D eigenvalue weighted by Crippen LogP contribution is 2.42. The summed E-state index contributed by atoms with van der Waals surface area (Å²) in [6.07, 6.45) is 1.48. The molecular formula is C23H25N3O4S. The van der Waals surface area contributed by atoms with E-state index in [0.29, 0.717) is 10.9 Å². The Morgan fingerprint density at radius 1 is 1.16 bits per heavy atom. The Morgan fingerprint density at radius 2 is 1.87 bits per heavy atom. The molecule has 3 aromatic rings. The number of carbonyl (C=O) groups is 1. The number of carbonyl (C=O) groups excluding carboxylic acids is 1. The first kappa shape index (κ1) is 21.3. The predicted molar refractivity (Wildman–Crippen MR) is 119 cm³/mol. The number of nitrogens with one attached hydrogen (secondary N) is 2. The van der Waals surface area contributed by atoms with Gasteiger partial charge in [0.1, 0.15) is 11.5 Å². The first-order valence-electron chi connectivity index (χ1n) is 10.1. The molecule has 0 bridgehead atoms. The summed E-state index contributed by atoms with van der Waals surface area (Å²) in [5, 5.41) is 13.0. The van der Waals surface area contributed by atoms with E-state index in [4.69, 9.17) is 9.47 Å². The van der Waals surface area contributed by atoms with Gasteiger partial charge in [-0.2, -0.15) is 5.48 Å². The maximum Gasteiger partial charge on any atom is 0.264 e. The van der Waals surface area contributed by atoms with Gasteiger partial charge in [0.25, 0.3) is 5.91 Å². The number of benzene rings is 2. The van der Waals surface area contributed by atoms with Gasteiger partial charge in [-0.1, -0.05) is 41.2 Å². The van der Waals surface area contributed by atoms with Gasteiger partial charge >= 0.3 is 0 Å². The molecule has 2 aromatic carbocycles. The summed E-state index contributed by atoms with van der Waals surface area (Å²) < 4.78 is 10.8. The summed E-state index contributed by atoms with van der Waals surface area (Å²) in [5.41, 5.74) is 5.59. The molecule has 1 aliphatic carbocycles. The van der Waals surface area contributed by atoms with Crippen molar-refractivity contribution in [1.82, 2.24) is 10.5 Å². The van der Waals surface area contributed by atoms with Crippen LogP contribution in [0.15, 0.2) is 48.5 Å². The van der Waals surface area contributed by atoms with Crippen molar-refractivity contribution < 1.29 is 19.5 Å². The molecule has 31 heavy (non-hydrogen) atoms. The molecule has 162 valence electrons. The highest BCUT2D eigenvalue weighted by atomic mass is 32.1. The van der Waals surface area contributed by atoms with E-state index >= 15 is 0 Å². The maximum atomic E-state index is 12.3. The van der Waals surface area contributed by atoms with Crippen LogP contribution in [0.4, 0.5) is 5.13 Å². The molecule has 3 N–H and O–H groups in total. The third kappa shape index (κ3) is 5.04. The number of ether oxygens (including phenoxy) is 2. The number of thiazole rings is 1. The molecule has 1 aromatic heterocycles. The minimum Gasteiger partial charge on any atom is -0.497 e. The van der Waals surface area contributed by atoms with Crippen molar-refractivity contribution in [3.8, 4) is 11.5 Å². The van der Waals surface area contributed by atoms with E-state index in [1.807, 2.05) is 55.5 Å². The number of methoxy groups -OCH3 is 1. The van der Waals surface area contributed by atoms with Crippen molar-refractivity contribution in [2.45, 2.75) is 31.7 Å². The number of anilines is 1. The van der Waals surface area contributed by atoms with E-state index in [1.165, 1.54) is 11.3 Å². The molecule has 8 heteroatoms. The van der Waals surface area contributed by atoms with Crippen molar-refractivity contribution in [2.24, 2.45) is 0 Å². The molecule has 0 aliphatic heterocycles. The minimum atomic E-state index is -0.271. The lowest BCUT2D eigenvalue weighted by Gasteiger charge is -2.27. The second-order valence-corrected chi connectivity index (χ2v) is 8.60. The van der Waals surface area contributed by atoms with E-state index in [9.17, 15) is 10.0 Å². The number of hydroxylamine groups is 1. The van der Waals surface area contributed by atoms with Gasteiger partial charge in [0, 0.05) is 4.88 Å². The highest BCUT2D eigenvalue weighted by molar-refractivity contribution is 7.16. The van der Waals surface area contributed by atoms with Crippen LogP contribution in [0.1, 0.15) is 40.1 Å². The van der Waals surface area contributed by atoms with Crippen LogP contribution >= 0.6 is 11.3 Å². The topological polar surface area (TPSA) is 92.7 Å². The molecule has 4 rings (SSSR count). The Labute approximate surface area is 185 Å². The van der Waals surface area contributed by atoms with Crippen LogP contribution < -0.4 is 20.3 Å². The SMILES string of the molecule is COc1ccc(C2Cc3nc(NC(=O)COc4ccc(C)cc4)sc3C(NO)C2)cc1. The molecule has 0 fully saturated rings. The Morgan fingerprint density at radius 3 is 2.55 bits per heavy atom. The Kier molecular flexibility index (Phi) is 6.50.